The second kappa shape index (κ2) is 9.30. The number of anilines is 1. The summed E-state index contributed by atoms with van der Waals surface area (Å²) in [5, 5.41) is 13.3. The molecule has 170 valence electrons. The summed E-state index contributed by atoms with van der Waals surface area (Å²) in [6.07, 6.45) is 0. The fourth-order valence-corrected chi connectivity index (χ4v) is 3.11. The Bertz CT molecular complexity index is 1280. The highest BCUT2D eigenvalue weighted by molar-refractivity contribution is 6.02. The molecule has 4 rings (SSSR count). The molecule has 0 unspecified atom stereocenters. The molecule has 2 heterocycles. The van der Waals surface area contributed by atoms with E-state index in [0.29, 0.717) is 45.7 Å². The molecular formula is C22H21N5O6. The largest absolute Gasteiger partial charge is 0.497 e. The molecule has 0 aliphatic carbocycles. The average molecular weight is 451 g/mol. The van der Waals surface area contributed by atoms with Crippen molar-refractivity contribution in [3.8, 4) is 45.7 Å². The number of H-pyrrole nitrogens is 1. The summed E-state index contributed by atoms with van der Waals surface area (Å²) < 4.78 is 26.5. The first-order valence-corrected chi connectivity index (χ1v) is 9.71. The highest BCUT2D eigenvalue weighted by Gasteiger charge is 2.19. The Morgan fingerprint density at radius 1 is 0.879 bits per heavy atom. The maximum absolute atomic E-state index is 12.7. The maximum Gasteiger partial charge on any atom is 0.280 e. The molecule has 0 radical (unpaired) electrons. The van der Waals surface area contributed by atoms with Crippen molar-refractivity contribution in [1.82, 2.24) is 20.3 Å². The van der Waals surface area contributed by atoms with E-state index in [0.717, 1.165) is 0 Å². The summed E-state index contributed by atoms with van der Waals surface area (Å²) in [6.45, 7) is 0. The lowest BCUT2D eigenvalue weighted by molar-refractivity contribution is 0.101. The van der Waals surface area contributed by atoms with Gasteiger partial charge in [-0.15, -0.1) is 5.10 Å². The number of aromatic amines is 1. The Morgan fingerprint density at radius 2 is 1.61 bits per heavy atom. The molecule has 0 aliphatic heterocycles. The molecule has 1 amide bonds. The number of rotatable bonds is 8. The van der Waals surface area contributed by atoms with Gasteiger partial charge in [0.05, 0.1) is 39.6 Å². The zero-order valence-electron chi connectivity index (χ0n) is 18.3. The van der Waals surface area contributed by atoms with E-state index < -0.39 is 5.91 Å². The van der Waals surface area contributed by atoms with Gasteiger partial charge in [0.2, 0.25) is 5.95 Å². The van der Waals surface area contributed by atoms with Crippen molar-refractivity contribution in [3.63, 3.8) is 0 Å². The maximum atomic E-state index is 12.7. The van der Waals surface area contributed by atoms with Crippen LogP contribution in [0.15, 0.2) is 47.0 Å². The lowest BCUT2D eigenvalue weighted by Crippen LogP contribution is -2.13. The molecule has 0 fully saturated rings. The van der Waals surface area contributed by atoms with E-state index >= 15 is 0 Å². The predicted molar refractivity (Wildman–Crippen MR) is 118 cm³/mol. The van der Waals surface area contributed by atoms with Gasteiger partial charge < -0.3 is 23.5 Å². The Morgan fingerprint density at radius 3 is 2.33 bits per heavy atom. The van der Waals surface area contributed by atoms with Gasteiger partial charge in [0.25, 0.3) is 5.91 Å². The van der Waals surface area contributed by atoms with E-state index in [2.05, 4.69) is 25.7 Å². The van der Waals surface area contributed by atoms with Crippen molar-refractivity contribution in [2.24, 2.45) is 0 Å². The summed E-state index contributed by atoms with van der Waals surface area (Å²) in [4.78, 5) is 17.0. The van der Waals surface area contributed by atoms with Crippen LogP contribution in [0.5, 0.6) is 23.0 Å². The summed E-state index contributed by atoms with van der Waals surface area (Å²) in [5.74, 6) is 2.60. The van der Waals surface area contributed by atoms with Crippen LogP contribution in [0.25, 0.3) is 22.7 Å². The number of carbonyl (C=O) groups is 1. The smallest absolute Gasteiger partial charge is 0.280 e. The SMILES string of the molecule is COc1ccc(-c2nc(NC(=O)c3cc(-c4cc(OC)ccc4OC)on3)n[nH]2)c(OC)c1. The fourth-order valence-electron chi connectivity index (χ4n) is 3.11. The van der Waals surface area contributed by atoms with Gasteiger partial charge in [-0.05, 0) is 30.3 Å². The standard InChI is InChI=1S/C22H21N5O6/c1-29-12-6-8-17(31-3)15(9-12)19-11-16(27-33-19)21(28)24-22-23-20(25-26-22)14-7-5-13(30-2)10-18(14)32-4/h5-11H,1-4H3,(H2,23,24,25,26,28). The van der Waals surface area contributed by atoms with Crippen LogP contribution in [0.1, 0.15) is 10.5 Å². The number of nitrogens with one attached hydrogen (secondary N) is 2. The molecule has 11 nitrogen and oxygen atoms in total. The normalized spacial score (nSPS) is 10.5. The Balaban J connectivity index is 1.53. The molecule has 0 atom stereocenters. The quantitative estimate of drug-likeness (QED) is 0.413. The van der Waals surface area contributed by atoms with Crippen LogP contribution in [0.4, 0.5) is 5.95 Å². The van der Waals surface area contributed by atoms with E-state index in [1.165, 1.54) is 20.3 Å². The molecule has 2 aromatic heterocycles. The molecule has 2 aromatic carbocycles. The lowest BCUT2D eigenvalue weighted by atomic mass is 10.1. The summed E-state index contributed by atoms with van der Waals surface area (Å²) >= 11 is 0. The van der Waals surface area contributed by atoms with E-state index in [9.17, 15) is 4.79 Å². The summed E-state index contributed by atoms with van der Waals surface area (Å²) in [7, 11) is 6.19. The van der Waals surface area contributed by atoms with Crippen LogP contribution in [-0.2, 0) is 0 Å². The van der Waals surface area contributed by atoms with Gasteiger partial charge in [0.1, 0.15) is 23.0 Å². The van der Waals surface area contributed by atoms with Gasteiger partial charge in [-0.3, -0.25) is 15.2 Å². The minimum absolute atomic E-state index is 0.0447. The van der Waals surface area contributed by atoms with Crippen LogP contribution in [0.3, 0.4) is 0 Å². The minimum atomic E-state index is -0.542. The monoisotopic (exact) mass is 451 g/mol. The van der Waals surface area contributed by atoms with Gasteiger partial charge in [-0.1, -0.05) is 5.16 Å². The molecule has 0 bridgehead atoms. The van der Waals surface area contributed by atoms with Crippen molar-refractivity contribution >= 4 is 11.9 Å². The number of methoxy groups -OCH3 is 4. The number of ether oxygens (including phenoxy) is 4. The lowest BCUT2D eigenvalue weighted by Gasteiger charge is -2.07. The molecular weight excluding hydrogens is 430 g/mol. The van der Waals surface area contributed by atoms with Crippen molar-refractivity contribution in [1.29, 1.82) is 0 Å². The first-order chi connectivity index (χ1) is 16.1. The zero-order chi connectivity index (χ0) is 23.4. The van der Waals surface area contributed by atoms with E-state index in [4.69, 9.17) is 23.5 Å². The highest BCUT2D eigenvalue weighted by Crippen LogP contribution is 2.34. The molecule has 0 saturated carbocycles. The fraction of sp³-hybridized carbons (Fsp3) is 0.182. The van der Waals surface area contributed by atoms with Crippen molar-refractivity contribution in [2.45, 2.75) is 0 Å². The van der Waals surface area contributed by atoms with Crippen LogP contribution in [0, 0.1) is 0 Å². The number of hydrogen-bond acceptors (Lipinski definition) is 9. The number of aromatic nitrogens is 4. The van der Waals surface area contributed by atoms with Gasteiger partial charge in [0, 0.05) is 12.1 Å². The van der Waals surface area contributed by atoms with Crippen molar-refractivity contribution in [3.05, 3.63) is 48.2 Å². The first kappa shape index (κ1) is 21.7. The summed E-state index contributed by atoms with van der Waals surface area (Å²) in [5.41, 5.74) is 1.29. The Labute approximate surface area is 188 Å². The molecule has 11 heteroatoms. The van der Waals surface area contributed by atoms with Gasteiger partial charge in [0.15, 0.2) is 17.3 Å². The number of amides is 1. The Kier molecular flexibility index (Phi) is 6.11. The zero-order valence-corrected chi connectivity index (χ0v) is 18.3. The van der Waals surface area contributed by atoms with Gasteiger partial charge in [-0.25, -0.2) is 0 Å². The third kappa shape index (κ3) is 4.42. The first-order valence-electron chi connectivity index (χ1n) is 9.71. The van der Waals surface area contributed by atoms with Crippen LogP contribution < -0.4 is 24.3 Å². The number of nitrogens with zero attached hydrogens (tertiary/aromatic N) is 3. The van der Waals surface area contributed by atoms with Crippen LogP contribution in [-0.4, -0.2) is 54.7 Å². The second-order valence-electron chi connectivity index (χ2n) is 6.67. The average Bonchev–Trinajstić information content (AvgIpc) is 3.53. The Hall–Kier alpha value is -4.54. The number of carbonyl (C=O) groups excluding carboxylic acids is 1. The second-order valence-corrected chi connectivity index (χ2v) is 6.67. The minimum Gasteiger partial charge on any atom is -0.497 e. The van der Waals surface area contributed by atoms with Gasteiger partial charge >= 0.3 is 0 Å². The van der Waals surface area contributed by atoms with E-state index in [-0.39, 0.29) is 11.6 Å². The van der Waals surface area contributed by atoms with Crippen LogP contribution >= 0.6 is 0 Å². The van der Waals surface area contributed by atoms with Crippen LogP contribution in [0.2, 0.25) is 0 Å². The molecule has 4 aromatic rings. The third-order valence-electron chi connectivity index (χ3n) is 4.79. The van der Waals surface area contributed by atoms with Gasteiger partial charge in [-0.2, -0.15) is 4.98 Å². The predicted octanol–water partition coefficient (Wildman–Crippen LogP) is 3.41. The highest BCUT2D eigenvalue weighted by atomic mass is 16.5. The molecule has 33 heavy (non-hydrogen) atoms. The number of benzene rings is 2. The van der Waals surface area contributed by atoms with Crippen molar-refractivity contribution in [2.75, 3.05) is 33.8 Å². The topological polar surface area (TPSA) is 134 Å². The van der Waals surface area contributed by atoms with E-state index in [1.54, 1.807) is 50.6 Å². The van der Waals surface area contributed by atoms with Crippen molar-refractivity contribution < 1.29 is 28.3 Å². The third-order valence-corrected chi connectivity index (χ3v) is 4.79. The molecule has 0 spiro atoms. The van der Waals surface area contributed by atoms with E-state index in [1.807, 2.05) is 0 Å². The molecule has 0 aliphatic rings. The number of hydrogen-bond donors (Lipinski definition) is 2. The molecule has 2 N–H and O–H groups in total. The summed E-state index contributed by atoms with van der Waals surface area (Å²) in [6, 6.07) is 12.0. The molecule has 0 saturated heterocycles.